The van der Waals surface area contributed by atoms with Gasteiger partial charge in [0.1, 0.15) is 5.82 Å². The summed E-state index contributed by atoms with van der Waals surface area (Å²) < 4.78 is 40.8. The molecular formula is C19H16F3N3. The molecule has 128 valence electrons. The van der Waals surface area contributed by atoms with Gasteiger partial charge in [-0.3, -0.25) is 0 Å². The monoisotopic (exact) mass is 343 g/mol. The normalized spacial score (nSPS) is 11.6. The largest absolute Gasteiger partial charge is 0.416 e. The van der Waals surface area contributed by atoms with Crippen LogP contribution in [0.5, 0.6) is 0 Å². The molecule has 1 heterocycles. The van der Waals surface area contributed by atoms with Gasteiger partial charge in [0, 0.05) is 12.1 Å². The summed E-state index contributed by atoms with van der Waals surface area (Å²) in [4.78, 5) is 4.45. The maximum absolute atomic E-state index is 13.0. The Morgan fingerprint density at radius 1 is 1.12 bits per heavy atom. The third-order valence-electron chi connectivity index (χ3n) is 4.08. The van der Waals surface area contributed by atoms with Gasteiger partial charge in [-0.25, -0.2) is 4.98 Å². The van der Waals surface area contributed by atoms with E-state index in [0.29, 0.717) is 29.0 Å². The lowest BCUT2D eigenvalue weighted by atomic mass is 10.1. The molecule has 0 spiro atoms. The van der Waals surface area contributed by atoms with Crippen LogP contribution < -0.4 is 0 Å². The third-order valence-corrected chi connectivity index (χ3v) is 4.08. The molecule has 3 rings (SSSR count). The van der Waals surface area contributed by atoms with Crippen molar-refractivity contribution in [3.8, 4) is 17.5 Å². The summed E-state index contributed by atoms with van der Waals surface area (Å²) >= 11 is 0. The Morgan fingerprint density at radius 2 is 1.84 bits per heavy atom. The number of aromatic nitrogens is 2. The number of rotatable bonds is 4. The van der Waals surface area contributed by atoms with Gasteiger partial charge in [-0.05, 0) is 48.9 Å². The zero-order chi connectivity index (χ0) is 18.0. The summed E-state index contributed by atoms with van der Waals surface area (Å²) in [6.07, 6.45) is -2.53. The highest BCUT2D eigenvalue weighted by atomic mass is 19.4. The summed E-state index contributed by atoms with van der Waals surface area (Å²) in [6, 6.07) is 12.6. The Kier molecular flexibility index (Phi) is 4.49. The summed E-state index contributed by atoms with van der Waals surface area (Å²) in [7, 11) is 0. The SMILES string of the molecule is CCCCn1c(-c2ccc(C#N)cc2)nc2cc(C(F)(F)F)ccc21. The molecule has 0 aliphatic heterocycles. The molecule has 25 heavy (non-hydrogen) atoms. The van der Waals surface area contributed by atoms with E-state index in [0.717, 1.165) is 30.5 Å². The van der Waals surface area contributed by atoms with Gasteiger partial charge in [-0.1, -0.05) is 13.3 Å². The molecule has 0 bridgehead atoms. The van der Waals surface area contributed by atoms with Crippen LogP contribution in [0, 0.1) is 11.3 Å². The number of unbranched alkanes of at least 4 members (excludes halogenated alkanes) is 1. The van der Waals surface area contributed by atoms with Gasteiger partial charge < -0.3 is 4.57 Å². The molecule has 0 saturated carbocycles. The molecule has 0 saturated heterocycles. The molecule has 6 heteroatoms. The number of nitrogens with zero attached hydrogens (tertiary/aromatic N) is 3. The number of halogens is 3. The summed E-state index contributed by atoms with van der Waals surface area (Å²) in [6.45, 7) is 2.73. The van der Waals surface area contributed by atoms with Crippen molar-refractivity contribution in [1.29, 1.82) is 5.26 Å². The molecule has 0 atom stereocenters. The average molecular weight is 343 g/mol. The minimum Gasteiger partial charge on any atom is -0.324 e. The zero-order valence-electron chi connectivity index (χ0n) is 13.6. The minimum atomic E-state index is -4.39. The van der Waals surface area contributed by atoms with E-state index in [1.165, 1.54) is 6.07 Å². The second-order valence-electron chi connectivity index (χ2n) is 5.83. The van der Waals surface area contributed by atoms with Gasteiger partial charge >= 0.3 is 6.18 Å². The number of benzene rings is 2. The second kappa shape index (κ2) is 6.60. The molecule has 2 aromatic carbocycles. The van der Waals surface area contributed by atoms with Gasteiger partial charge in [0.15, 0.2) is 0 Å². The van der Waals surface area contributed by atoms with E-state index < -0.39 is 11.7 Å². The maximum atomic E-state index is 13.0. The van der Waals surface area contributed by atoms with Crippen molar-refractivity contribution >= 4 is 11.0 Å². The second-order valence-corrected chi connectivity index (χ2v) is 5.83. The van der Waals surface area contributed by atoms with E-state index in [4.69, 9.17) is 5.26 Å². The summed E-state index contributed by atoms with van der Waals surface area (Å²) in [5.41, 5.74) is 1.61. The molecule has 1 aromatic heterocycles. The predicted molar refractivity (Wildman–Crippen MR) is 89.8 cm³/mol. The highest BCUT2D eigenvalue weighted by Gasteiger charge is 2.31. The van der Waals surface area contributed by atoms with Crippen LogP contribution in [0.1, 0.15) is 30.9 Å². The number of fused-ring (bicyclic) bond motifs is 1. The molecule has 0 aliphatic carbocycles. The van der Waals surface area contributed by atoms with Crippen molar-refractivity contribution in [2.75, 3.05) is 0 Å². The maximum Gasteiger partial charge on any atom is 0.416 e. The molecule has 3 aromatic rings. The van der Waals surface area contributed by atoms with Crippen molar-refractivity contribution in [3.63, 3.8) is 0 Å². The lowest BCUT2D eigenvalue weighted by Gasteiger charge is -2.09. The van der Waals surface area contributed by atoms with E-state index in [1.54, 1.807) is 24.3 Å². The molecule has 3 nitrogen and oxygen atoms in total. The molecule has 0 fully saturated rings. The standard InChI is InChI=1S/C19H16F3N3/c1-2-3-10-25-17-9-8-15(19(20,21)22)11-16(17)24-18(25)14-6-4-13(12-23)5-7-14/h4-9,11H,2-3,10H2,1H3. The fraction of sp³-hybridized carbons (Fsp3) is 0.263. The first-order valence-corrected chi connectivity index (χ1v) is 8.02. The van der Waals surface area contributed by atoms with Crippen LogP contribution in [0.15, 0.2) is 42.5 Å². The average Bonchev–Trinajstić information content (AvgIpc) is 2.97. The third kappa shape index (κ3) is 3.36. The van der Waals surface area contributed by atoms with Crippen LogP contribution in [0.25, 0.3) is 22.4 Å². The number of hydrogen-bond donors (Lipinski definition) is 0. The van der Waals surface area contributed by atoms with Gasteiger partial charge in [0.25, 0.3) is 0 Å². The number of imidazole rings is 1. The molecule has 0 radical (unpaired) electrons. The molecule has 0 amide bonds. The van der Waals surface area contributed by atoms with Crippen LogP contribution in [0.3, 0.4) is 0 Å². The van der Waals surface area contributed by atoms with Crippen molar-refractivity contribution in [2.24, 2.45) is 0 Å². The Bertz CT molecular complexity index is 931. The summed E-state index contributed by atoms with van der Waals surface area (Å²) in [5, 5.41) is 8.91. The predicted octanol–water partition coefficient (Wildman–Crippen LogP) is 5.39. The Balaban J connectivity index is 2.16. The Labute approximate surface area is 143 Å². The lowest BCUT2D eigenvalue weighted by Crippen LogP contribution is -2.04. The first-order valence-electron chi connectivity index (χ1n) is 8.02. The van der Waals surface area contributed by atoms with E-state index in [-0.39, 0.29) is 0 Å². The highest BCUT2D eigenvalue weighted by Crippen LogP contribution is 2.33. The minimum absolute atomic E-state index is 0.324. The molecule has 0 N–H and O–H groups in total. The van der Waals surface area contributed by atoms with Gasteiger partial charge in [-0.2, -0.15) is 18.4 Å². The van der Waals surface area contributed by atoms with E-state index in [1.807, 2.05) is 4.57 Å². The van der Waals surface area contributed by atoms with E-state index in [9.17, 15) is 13.2 Å². The van der Waals surface area contributed by atoms with Gasteiger partial charge in [0.05, 0.1) is 28.2 Å². The van der Waals surface area contributed by atoms with Crippen LogP contribution in [0.4, 0.5) is 13.2 Å². The number of aryl methyl sites for hydroxylation is 1. The molecule has 0 unspecified atom stereocenters. The topological polar surface area (TPSA) is 41.6 Å². The van der Waals surface area contributed by atoms with Gasteiger partial charge in [-0.15, -0.1) is 0 Å². The first kappa shape index (κ1) is 17.0. The fourth-order valence-electron chi connectivity index (χ4n) is 2.76. The van der Waals surface area contributed by atoms with Crippen molar-refractivity contribution in [2.45, 2.75) is 32.5 Å². The van der Waals surface area contributed by atoms with Crippen LogP contribution in [0.2, 0.25) is 0 Å². The fourth-order valence-corrected chi connectivity index (χ4v) is 2.76. The zero-order valence-corrected chi connectivity index (χ0v) is 13.6. The van der Waals surface area contributed by atoms with E-state index in [2.05, 4.69) is 18.0 Å². The summed E-state index contributed by atoms with van der Waals surface area (Å²) in [5.74, 6) is 0.618. The van der Waals surface area contributed by atoms with Crippen LogP contribution in [-0.2, 0) is 12.7 Å². The molecular weight excluding hydrogens is 327 g/mol. The van der Waals surface area contributed by atoms with Crippen molar-refractivity contribution < 1.29 is 13.2 Å². The van der Waals surface area contributed by atoms with Crippen molar-refractivity contribution in [3.05, 3.63) is 53.6 Å². The molecule has 0 aliphatic rings. The quantitative estimate of drug-likeness (QED) is 0.637. The number of alkyl halides is 3. The van der Waals surface area contributed by atoms with Crippen molar-refractivity contribution in [1.82, 2.24) is 9.55 Å². The van der Waals surface area contributed by atoms with E-state index >= 15 is 0 Å². The van der Waals surface area contributed by atoms with Crippen LogP contribution >= 0.6 is 0 Å². The van der Waals surface area contributed by atoms with Gasteiger partial charge in [0.2, 0.25) is 0 Å². The number of nitriles is 1. The lowest BCUT2D eigenvalue weighted by molar-refractivity contribution is -0.137. The Morgan fingerprint density at radius 3 is 2.44 bits per heavy atom. The first-order chi connectivity index (χ1) is 11.9. The smallest absolute Gasteiger partial charge is 0.324 e. The van der Waals surface area contributed by atoms with Crippen LogP contribution in [-0.4, -0.2) is 9.55 Å². The Hall–Kier alpha value is -2.81. The highest BCUT2D eigenvalue weighted by molar-refractivity contribution is 5.81. The number of hydrogen-bond acceptors (Lipinski definition) is 2.